The monoisotopic (exact) mass is 456 g/mol. The Bertz CT molecular complexity index is 1230. The first-order valence-electron chi connectivity index (χ1n) is 10.8. The summed E-state index contributed by atoms with van der Waals surface area (Å²) in [7, 11) is 4.83. The fourth-order valence-electron chi connectivity index (χ4n) is 4.16. The highest BCUT2D eigenvalue weighted by Crippen LogP contribution is 2.41. The van der Waals surface area contributed by atoms with E-state index in [2.05, 4.69) is 0 Å². The van der Waals surface area contributed by atoms with Crippen LogP contribution in [0.5, 0.6) is 5.75 Å². The van der Waals surface area contributed by atoms with E-state index in [1.54, 1.807) is 86.9 Å². The van der Waals surface area contributed by atoms with Crippen molar-refractivity contribution < 1.29 is 23.9 Å². The molecule has 1 heterocycles. The number of ketones is 2. The maximum Gasteiger partial charge on any atom is 0.295 e. The molecule has 1 aliphatic heterocycles. The van der Waals surface area contributed by atoms with Crippen LogP contribution in [0.15, 0.2) is 78.9 Å². The molecule has 0 aromatic heterocycles. The molecule has 0 radical (unpaired) electrons. The summed E-state index contributed by atoms with van der Waals surface area (Å²) in [5, 5.41) is 0. The van der Waals surface area contributed by atoms with Gasteiger partial charge in [-0.05, 0) is 54.1 Å². The quantitative estimate of drug-likeness (QED) is 0.322. The van der Waals surface area contributed by atoms with Crippen LogP contribution in [0.25, 0.3) is 0 Å². The molecule has 2 atom stereocenters. The first-order chi connectivity index (χ1) is 16.3. The van der Waals surface area contributed by atoms with Crippen LogP contribution in [0.1, 0.15) is 32.3 Å². The zero-order valence-electron chi connectivity index (χ0n) is 19.1. The third-order valence-electron chi connectivity index (χ3n) is 5.90. The zero-order valence-corrected chi connectivity index (χ0v) is 19.1. The molecule has 1 aliphatic rings. The number of hydrogen-bond acceptors (Lipinski definition) is 5. The Labute approximate surface area is 197 Å². The number of amides is 2. The average Bonchev–Trinajstić information content (AvgIpc) is 3.14. The smallest absolute Gasteiger partial charge is 0.295 e. The predicted octanol–water partition coefficient (Wildman–Crippen LogP) is 3.55. The Hall–Kier alpha value is -4.26. The van der Waals surface area contributed by atoms with E-state index in [-0.39, 0.29) is 5.91 Å². The van der Waals surface area contributed by atoms with E-state index < -0.39 is 29.4 Å². The summed E-state index contributed by atoms with van der Waals surface area (Å²) in [5.74, 6) is -2.75. The highest BCUT2D eigenvalue weighted by molar-refractivity contribution is 6.49. The Kier molecular flexibility index (Phi) is 6.27. The van der Waals surface area contributed by atoms with Crippen molar-refractivity contribution in [2.45, 2.75) is 6.04 Å². The van der Waals surface area contributed by atoms with Gasteiger partial charge in [0, 0.05) is 30.9 Å². The summed E-state index contributed by atoms with van der Waals surface area (Å²) in [6, 6.07) is 21.1. The number of hydrogen-bond donors (Lipinski definition) is 0. The van der Waals surface area contributed by atoms with Crippen LogP contribution in [0, 0.1) is 5.92 Å². The Morgan fingerprint density at radius 1 is 0.824 bits per heavy atom. The number of rotatable bonds is 6. The van der Waals surface area contributed by atoms with Crippen LogP contribution in [0.2, 0.25) is 0 Å². The lowest BCUT2D eigenvalue weighted by molar-refractivity contribution is -0.135. The third-order valence-corrected chi connectivity index (χ3v) is 5.90. The Morgan fingerprint density at radius 3 is 1.97 bits per heavy atom. The van der Waals surface area contributed by atoms with Crippen LogP contribution in [-0.4, -0.2) is 49.5 Å². The van der Waals surface area contributed by atoms with Gasteiger partial charge >= 0.3 is 0 Å². The lowest BCUT2D eigenvalue weighted by Gasteiger charge is -2.27. The van der Waals surface area contributed by atoms with Gasteiger partial charge in [0.1, 0.15) is 11.7 Å². The number of benzene rings is 3. The van der Waals surface area contributed by atoms with Crippen LogP contribution >= 0.6 is 0 Å². The van der Waals surface area contributed by atoms with Crippen molar-refractivity contribution in [3.63, 3.8) is 0 Å². The second kappa shape index (κ2) is 9.31. The zero-order chi connectivity index (χ0) is 24.4. The van der Waals surface area contributed by atoms with E-state index in [1.165, 1.54) is 16.9 Å². The van der Waals surface area contributed by atoms with Crippen molar-refractivity contribution >= 4 is 29.1 Å². The number of nitrogens with zero attached hydrogens (tertiary/aromatic N) is 2. The van der Waals surface area contributed by atoms with Gasteiger partial charge in [-0.15, -0.1) is 0 Å². The van der Waals surface area contributed by atoms with Crippen molar-refractivity contribution in [3.8, 4) is 5.75 Å². The van der Waals surface area contributed by atoms with Gasteiger partial charge in [-0.25, -0.2) is 0 Å². The molecule has 2 amide bonds. The molecule has 0 saturated carbocycles. The van der Waals surface area contributed by atoms with Crippen LogP contribution in [-0.2, 0) is 9.59 Å². The maximum absolute atomic E-state index is 13.5. The normalized spacial score (nSPS) is 17.6. The van der Waals surface area contributed by atoms with Crippen molar-refractivity contribution in [1.29, 1.82) is 0 Å². The Balaban J connectivity index is 1.77. The molecule has 3 aromatic carbocycles. The predicted molar refractivity (Wildman–Crippen MR) is 127 cm³/mol. The summed E-state index contributed by atoms with van der Waals surface area (Å²) in [6.45, 7) is 0. The lowest BCUT2D eigenvalue weighted by Crippen LogP contribution is -2.30. The summed E-state index contributed by atoms with van der Waals surface area (Å²) in [5.41, 5.74) is 1.88. The number of Topliss-reactive ketones (excluding diaryl/α,β-unsaturated/α-hetero) is 2. The molecular weight excluding hydrogens is 432 g/mol. The molecule has 0 N–H and O–H groups in total. The van der Waals surface area contributed by atoms with E-state index in [4.69, 9.17) is 4.74 Å². The first-order valence-corrected chi connectivity index (χ1v) is 10.8. The van der Waals surface area contributed by atoms with Gasteiger partial charge < -0.3 is 9.64 Å². The topological polar surface area (TPSA) is 84.0 Å². The molecule has 34 heavy (non-hydrogen) atoms. The second-order valence-electron chi connectivity index (χ2n) is 8.21. The van der Waals surface area contributed by atoms with Crippen molar-refractivity contribution in [2.24, 2.45) is 5.92 Å². The fourth-order valence-corrected chi connectivity index (χ4v) is 4.16. The molecule has 7 nitrogen and oxygen atoms in total. The SMILES string of the molecule is COc1ccc(C(=O)C2C(=O)C(=O)N(c3ccc(C(=O)N(C)C)cc3)C2c2ccccc2)cc1. The molecule has 172 valence electrons. The molecule has 2 unspecified atom stereocenters. The van der Waals surface area contributed by atoms with E-state index in [9.17, 15) is 19.2 Å². The van der Waals surface area contributed by atoms with E-state index in [0.29, 0.717) is 28.1 Å². The highest BCUT2D eigenvalue weighted by Gasteiger charge is 2.52. The molecule has 7 heteroatoms. The lowest BCUT2D eigenvalue weighted by atomic mass is 9.86. The van der Waals surface area contributed by atoms with Crippen LogP contribution in [0.4, 0.5) is 5.69 Å². The molecular formula is C27H24N2O5. The molecule has 0 spiro atoms. The van der Waals surface area contributed by atoms with Gasteiger partial charge in [0.05, 0.1) is 13.2 Å². The maximum atomic E-state index is 13.5. The van der Waals surface area contributed by atoms with Gasteiger partial charge in [0.15, 0.2) is 5.78 Å². The molecule has 0 aliphatic carbocycles. The molecule has 1 fully saturated rings. The summed E-state index contributed by atoms with van der Waals surface area (Å²) >= 11 is 0. The minimum atomic E-state index is -1.20. The molecule has 0 bridgehead atoms. The van der Waals surface area contributed by atoms with Gasteiger partial charge in [-0.3, -0.25) is 24.1 Å². The Morgan fingerprint density at radius 2 is 1.41 bits per heavy atom. The number of carbonyl (C=O) groups excluding carboxylic acids is 4. The van der Waals surface area contributed by atoms with Gasteiger partial charge in [-0.1, -0.05) is 30.3 Å². The standard InChI is InChI=1S/C27H24N2O5/c1-28(2)26(32)19-9-13-20(14-10-19)29-23(17-7-5-4-6-8-17)22(25(31)27(29)33)24(30)18-11-15-21(34-3)16-12-18/h4-16,22-23H,1-3H3. The van der Waals surface area contributed by atoms with Crippen molar-refractivity contribution in [2.75, 3.05) is 26.1 Å². The average molecular weight is 456 g/mol. The summed E-state index contributed by atoms with van der Waals surface area (Å²) in [4.78, 5) is 54.9. The first kappa shape index (κ1) is 22.9. The second-order valence-corrected chi connectivity index (χ2v) is 8.21. The van der Waals surface area contributed by atoms with Crippen molar-refractivity contribution in [3.05, 3.63) is 95.6 Å². The molecule has 3 aromatic rings. The molecule has 4 rings (SSSR count). The van der Waals surface area contributed by atoms with E-state index in [0.717, 1.165) is 0 Å². The van der Waals surface area contributed by atoms with E-state index in [1.807, 2.05) is 6.07 Å². The summed E-state index contributed by atoms with van der Waals surface area (Å²) in [6.07, 6.45) is 0. The number of anilines is 1. The van der Waals surface area contributed by atoms with Gasteiger partial charge in [0.25, 0.3) is 11.8 Å². The number of carbonyl (C=O) groups is 4. The third kappa shape index (κ3) is 4.08. The number of ether oxygens (including phenoxy) is 1. The minimum Gasteiger partial charge on any atom is -0.497 e. The minimum absolute atomic E-state index is 0.178. The van der Waals surface area contributed by atoms with Gasteiger partial charge in [0.2, 0.25) is 5.78 Å². The van der Waals surface area contributed by atoms with Crippen LogP contribution < -0.4 is 9.64 Å². The van der Waals surface area contributed by atoms with Gasteiger partial charge in [-0.2, -0.15) is 0 Å². The van der Waals surface area contributed by atoms with Crippen molar-refractivity contribution in [1.82, 2.24) is 4.90 Å². The van der Waals surface area contributed by atoms with Crippen LogP contribution in [0.3, 0.4) is 0 Å². The fraction of sp³-hybridized carbons (Fsp3) is 0.185. The highest BCUT2D eigenvalue weighted by atomic mass is 16.5. The van der Waals surface area contributed by atoms with E-state index >= 15 is 0 Å². The molecule has 1 saturated heterocycles. The number of methoxy groups -OCH3 is 1. The largest absolute Gasteiger partial charge is 0.497 e. The summed E-state index contributed by atoms with van der Waals surface area (Å²) < 4.78 is 5.15.